The zero-order valence-electron chi connectivity index (χ0n) is 12.5. The summed E-state index contributed by atoms with van der Waals surface area (Å²) >= 11 is 0. The monoisotopic (exact) mass is 293 g/mol. The van der Waals surface area contributed by atoms with Gasteiger partial charge in [0.1, 0.15) is 17.4 Å². The maximum atomic E-state index is 13.9. The summed E-state index contributed by atoms with van der Waals surface area (Å²) in [7, 11) is 0. The molecule has 1 heterocycles. The van der Waals surface area contributed by atoms with Crippen LogP contribution < -0.4 is 5.32 Å². The Balaban J connectivity index is 2.28. The van der Waals surface area contributed by atoms with E-state index in [2.05, 4.69) is 12.2 Å². The molecule has 1 aromatic heterocycles. The van der Waals surface area contributed by atoms with E-state index in [4.69, 9.17) is 4.42 Å². The average Bonchev–Trinajstić information content (AvgIpc) is 2.94. The quantitative estimate of drug-likeness (QED) is 0.818. The number of hydrogen-bond acceptors (Lipinski definition) is 2. The average molecular weight is 293 g/mol. The number of aryl methyl sites for hydroxylation is 1. The lowest BCUT2D eigenvalue weighted by molar-refractivity contribution is 0.467. The van der Waals surface area contributed by atoms with Gasteiger partial charge in [-0.05, 0) is 37.6 Å². The largest absolute Gasteiger partial charge is 0.469 e. The topological polar surface area (TPSA) is 25.2 Å². The Bertz CT molecular complexity index is 560. The van der Waals surface area contributed by atoms with Crippen molar-refractivity contribution in [2.75, 3.05) is 6.54 Å². The summed E-state index contributed by atoms with van der Waals surface area (Å²) in [6.07, 6.45) is 3.61. The van der Waals surface area contributed by atoms with Gasteiger partial charge in [-0.15, -0.1) is 0 Å². The van der Waals surface area contributed by atoms with E-state index in [1.165, 1.54) is 18.2 Å². The lowest BCUT2D eigenvalue weighted by Gasteiger charge is -2.19. The van der Waals surface area contributed by atoms with E-state index in [1.807, 2.05) is 13.0 Å². The highest BCUT2D eigenvalue weighted by atomic mass is 19.1. The van der Waals surface area contributed by atoms with Crippen LogP contribution in [0.25, 0.3) is 0 Å². The smallest absolute Gasteiger partial charge is 0.129 e. The Morgan fingerprint density at radius 1 is 1.14 bits per heavy atom. The fourth-order valence-electron chi connectivity index (χ4n) is 2.49. The molecule has 1 atom stereocenters. The van der Waals surface area contributed by atoms with Crippen molar-refractivity contribution in [3.63, 3.8) is 0 Å². The molecular weight excluding hydrogens is 272 g/mol. The van der Waals surface area contributed by atoms with Crippen molar-refractivity contribution in [2.45, 2.75) is 39.2 Å². The third kappa shape index (κ3) is 3.70. The Kier molecular flexibility index (Phi) is 5.51. The van der Waals surface area contributed by atoms with Crippen LogP contribution in [-0.4, -0.2) is 6.54 Å². The van der Waals surface area contributed by atoms with Crippen molar-refractivity contribution in [3.05, 3.63) is 59.1 Å². The van der Waals surface area contributed by atoms with Crippen LogP contribution in [0.15, 0.2) is 34.9 Å². The number of furan rings is 1. The number of hydrogen-bond donors (Lipinski definition) is 1. The SMILES string of the molecule is CCCNC(Cc1c(F)cccc1F)c1ccoc1CC. The molecule has 2 nitrogen and oxygen atoms in total. The van der Waals surface area contributed by atoms with E-state index >= 15 is 0 Å². The molecule has 1 unspecified atom stereocenters. The van der Waals surface area contributed by atoms with E-state index in [0.717, 1.165) is 30.7 Å². The third-order valence-electron chi connectivity index (χ3n) is 3.59. The molecule has 0 spiro atoms. The molecule has 21 heavy (non-hydrogen) atoms. The summed E-state index contributed by atoms with van der Waals surface area (Å²) in [4.78, 5) is 0. The molecule has 2 rings (SSSR count). The number of halogens is 2. The van der Waals surface area contributed by atoms with Crippen molar-refractivity contribution in [1.29, 1.82) is 0 Å². The van der Waals surface area contributed by atoms with E-state index in [0.29, 0.717) is 0 Å². The molecule has 0 bridgehead atoms. The molecule has 0 radical (unpaired) electrons. The molecule has 1 N–H and O–H groups in total. The van der Waals surface area contributed by atoms with Crippen molar-refractivity contribution >= 4 is 0 Å². The number of nitrogens with one attached hydrogen (secondary N) is 1. The molecular formula is C17H21F2NO. The van der Waals surface area contributed by atoms with Gasteiger partial charge in [-0.25, -0.2) is 8.78 Å². The van der Waals surface area contributed by atoms with Gasteiger partial charge in [-0.2, -0.15) is 0 Å². The van der Waals surface area contributed by atoms with Crippen LogP contribution in [0.1, 0.15) is 43.2 Å². The minimum atomic E-state index is -0.500. The predicted molar refractivity (Wildman–Crippen MR) is 79.2 cm³/mol. The van der Waals surface area contributed by atoms with Gasteiger partial charge in [0.05, 0.1) is 6.26 Å². The van der Waals surface area contributed by atoms with Crippen molar-refractivity contribution in [2.24, 2.45) is 0 Å². The Labute approximate surface area is 124 Å². The van der Waals surface area contributed by atoms with Gasteiger partial charge in [-0.1, -0.05) is 19.9 Å². The molecule has 1 aromatic carbocycles. The molecule has 0 saturated carbocycles. The van der Waals surface area contributed by atoms with Crippen molar-refractivity contribution < 1.29 is 13.2 Å². The first kappa shape index (κ1) is 15.7. The zero-order chi connectivity index (χ0) is 15.2. The van der Waals surface area contributed by atoms with Crippen LogP contribution in [-0.2, 0) is 12.8 Å². The minimum Gasteiger partial charge on any atom is -0.469 e. The van der Waals surface area contributed by atoms with Gasteiger partial charge >= 0.3 is 0 Å². The van der Waals surface area contributed by atoms with Crippen LogP contribution in [0, 0.1) is 11.6 Å². The first-order chi connectivity index (χ1) is 10.2. The molecule has 0 aliphatic rings. The molecule has 114 valence electrons. The molecule has 0 saturated heterocycles. The van der Waals surface area contributed by atoms with E-state index in [9.17, 15) is 8.78 Å². The van der Waals surface area contributed by atoms with Crippen LogP contribution in [0.5, 0.6) is 0 Å². The summed E-state index contributed by atoms with van der Waals surface area (Å²) in [5, 5.41) is 3.36. The minimum absolute atomic E-state index is 0.120. The first-order valence-electron chi connectivity index (χ1n) is 7.39. The van der Waals surface area contributed by atoms with Gasteiger partial charge in [-0.3, -0.25) is 0 Å². The van der Waals surface area contributed by atoms with Gasteiger partial charge < -0.3 is 9.73 Å². The van der Waals surface area contributed by atoms with Gasteiger partial charge in [0.2, 0.25) is 0 Å². The molecule has 0 aliphatic carbocycles. The summed E-state index contributed by atoms with van der Waals surface area (Å²) < 4.78 is 33.2. The van der Waals surface area contributed by atoms with E-state index in [1.54, 1.807) is 6.26 Å². The summed E-state index contributed by atoms with van der Waals surface area (Å²) in [6, 6.07) is 5.71. The van der Waals surface area contributed by atoms with Gasteiger partial charge in [0, 0.05) is 23.6 Å². The van der Waals surface area contributed by atoms with E-state index in [-0.39, 0.29) is 18.0 Å². The highest BCUT2D eigenvalue weighted by molar-refractivity contribution is 5.27. The Hall–Kier alpha value is -1.68. The highest BCUT2D eigenvalue weighted by Gasteiger charge is 2.20. The fourth-order valence-corrected chi connectivity index (χ4v) is 2.49. The molecule has 2 aromatic rings. The van der Waals surface area contributed by atoms with Crippen molar-refractivity contribution in [1.82, 2.24) is 5.32 Å². The second kappa shape index (κ2) is 7.36. The van der Waals surface area contributed by atoms with Crippen LogP contribution >= 0.6 is 0 Å². The first-order valence-corrected chi connectivity index (χ1v) is 7.39. The standard InChI is InChI=1S/C17H21F2NO/c1-3-9-20-16(12-8-10-21-17(12)4-2)11-13-14(18)6-5-7-15(13)19/h5-8,10,16,20H,3-4,9,11H2,1-2H3. The molecule has 0 amide bonds. The Morgan fingerprint density at radius 3 is 2.48 bits per heavy atom. The van der Waals surface area contributed by atoms with Gasteiger partial charge in [0.25, 0.3) is 0 Å². The van der Waals surface area contributed by atoms with Crippen LogP contribution in [0.3, 0.4) is 0 Å². The van der Waals surface area contributed by atoms with Crippen LogP contribution in [0.2, 0.25) is 0 Å². The lowest BCUT2D eigenvalue weighted by Crippen LogP contribution is -2.25. The normalized spacial score (nSPS) is 12.6. The second-order valence-corrected chi connectivity index (χ2v) is 5.06. The third-order valence-corrected chi connectivity index (χ3v) is 3.59. The molecule has 4 heteroatoms. The predicted octanol–water partition coefficient (Wildman–Crippen LogP) is 4.40. The maximum absolute atomic E-state index is 13.9. The molecule has 0 fully saturated rings. The second-order valence-electron chi connectivity index (χ2n) is 5.06. The van der Waals surface area contributed by atoms with Crippen LogP contribution in [0.4, 0.5) is 8.78 Å². The van der Waals surface area contributed by atoms with Crippen molar-refractivity contribution in [3.8, 4) is 0 Å². The summed E-state index contributed by atoms with van der Waals surface area (Å²) in [5.74, 6) is -0.139. The lowest BCUT2D eigenvalue weighted by atomic mass is 9.97. The maximum Gasteiger partial charge on any atom is 0.129 e. The number of rotatable bonds is 7. The number of benzene rings is 1. The summed E-state index contributed by atoms with van der Waals surface area (Å²) in [6.45, 7) is 4.85. The highest BCUT2D eigenvalue weighted by Crippen LogP contribution is 2.26. The fraction of sp³-hybridized carbons (Fsp3) is 0.412. The van der Waals surface area contributed by atoms with Gasteiger partial charge in [0.15, 0.2) is 0 Å². The summed E-state index contributed by atoms with van der Waals surface area (Å²) in [5.41, 5.74) is 1.10. The zero-order valence-corrected chi connectivity index (χ0v) is 12.5. The Morgan fingerprint density at radius 2 is 1.86 bits per heavy atom. The molecule has 0 aliphatic heterocycles. The van der Waals surface area contributed by atoms with E-state index < -0.39 is 11.6 Å².